The van der Waals surface area contributed by atoms with Crippen molar-refractivity contribution in [2.75, 3.05) is 0 Å². The Kier molecular flexibility index (Phi) is 4.60. The van der Waals surface area contributed by atoms with Gasteiger partial charge in [-0.25, -0.2) is 17.8 Å². The van der Waals surface area contributed by atoms with Gasteiger partial charge in [0, 0.05) is 12.4 Å². The molecule has 0 radical (unpaired) electrons. The Morgan fingerprint density at radius 3 is 2.35 bits per heavy atom. The summed E-state index contributed by atoms with van der Waals surface area (Å²) < 4.78 is 26.8. The van der Waals surface area contributed by atoms with Crippen molar-refractivity contribution in [3.63, 3.8) is 0 Å². The SMILES string of the molecule is Cc1ccc(S(=O)(=O)n2ccn(C(=O)c3ccccc3Cl)c2=O)cc1C. The third-order valence-electron chi connectivity index (χ3n) is 4.10. The Labute approximate surface area is 155 Å². The second kappa shape index (κ2) is 6.59. The van der Waals surface area contributed by atoms with Gasteiger partial charge in [0.25, 0.3) is 15.9 Å². The first-order chi connectivity index (χ1) is 12.2. The van der Waals surface area contributed by atoms with E-state index >= 15 is 0 Å². The normalized spacial score (nSPS) is 11.5. The highest BCUT2D eigenvalue weighted by atomic mass is 35.5. The molecule has 0 N–H and O–H groups in total. The molecule has 26 heavy (non-hydrogen) atoms. The standard InChI is InChI=1S/C18H15ClN2O4S/c1-12-7-8-14(11-13(12)2)26(24,25)21-10-9-20(18(21)23)17(22)15-5-3-4-6-16(15)19/h3-11H,1-2H3. The second-order valence-electron chi connectivity index (χ2n) is 5.78. The molecule has 2 aromatic carbocycles. The molecular formula is C18H15ClN2O4S. The fourth-order valence-corrected chi connectivity index (χ4v) is 3.97. The van der Waals surface area contributed by atoms with E-state index in [1.54, 1.807) is 25.1 Å². The molecule has 3 rings (SSSR count). The fourth-order valence-electron chi connectivity index (χ4n) is 2.45. The van der Waals surface area contributed by atoms with E-state index in [2.05, 4.69) is 0 Å². The van der Waals surface area contributed by atoms with Crippen molar-refractivity contribution >= 4 is 27.5 Å². The lowest BCUT2D eigenvalue weighted by atomic mass is 10.1. The number of carbonyl (C=O) groups is 1. The largest absolute Gasteiger partial charge is 0.349 e. The number of carbonyl (C=O) groups excluding carboxylic acids is 1. The molecule has 1 aromatic heterocycles. The molecule has 8 heteroatoms. The van der Waals surface area contributed by atoms with Gasteiger partial charge in [0.15, 0.2) is 0 Å². The minimum absolute atomic E-state index is 0.0226. The first-order valence-electron chi connectivity index (χ1n) is 7.65. The van der Waals surface area contributed by atoms with Crippen LogP contribution in [0.5, 0.6) is 0 Å². The van der Waals surface area contributed by atoms with Gasteiger partial charge in [-0.05, 0) is 49.2 Å². The number of hydrogen-bond acceptors (Lipinski definition) is 4. The lowest BCUT2D eigenvalue weighted by Crippen LogP contribution is -2.32. The van der Waals surface area contributed by atoms with Crippen molar-refractivity contribution in [2.24, 2.45) is 0 Å². The molecule has 134 valence electrons. The Hall–Kier alpha value is -2.64. The predicted molar refractivity (Wildman–Crippen MR) is 98.4 cm³/mol. The number of aromatic nitrogens is 2. The molecule has 0 aliphatic carbocycles. The van der Waals surface area contributed by atoms with E-state index in [1.807, 2.05) is 6.92 Å². The zero-order valence-electron chi connectivity index (χ0n) is 14.0. The van der Waals surface area contributed by atoms with Gasteiger partial charge in [-0.1, -0.05) is 29.8 Å². The van der Waals surface area contributed by atoms with Gasteiger partial charge in [-0.2, -0.15) is 3.97 Å². The van der Waals surface area contributed by atoms with E-state index in [4.69, 9.17) is 11.6 Å². The predicted octanol–water partition coefficient (Wildman–Crippen LogP) is 2.85. The van der Waals surface area contributed by atoms with Crippen molar-refractivity contribution in [3.8, 4) is 0 Å². The molecule has 6 nitrogen and oxygen atoms in total. The number of rotatable bonds is 3. The van der Waals surface area contributed by atoms with Gasteiger partial charge in [0.2, 0.25) is 0 Å². The summed E-state index contributed by atoms with van der Waals surface area (Å²) in [4.78, 5) is 25.1. The maximum atomic E-state index is 12.8. The van der Waals surface area contributed by atoms with Gasteiger partial charge in [-0.15, -0.1) is 0 Å². The summed E-state index contributed by atoms with van der Waals surface area (Å²) in [6.45, 7) is 3.64. The van der Waals surface area contributed by atoms with Crippen LogP contribution in [0.3, 0.4) is 0 Å². The monoisotopic (exact) mass is 390 g/mol. The summed E-state index contributed by atoms with van der Waals surface area (Å²) in [7, 11) is -4.12. The average Bonchev–Trinajstić information content (AvgIpc) is 2.99. The number of halogens is 1. The van der Waals surface area contributed by atoms with Gasteiger partial charge in [0.05, 0.1) is 15.5 Å². The Balaban J connectivity index is 2.09. The molecule has 3 aromatic rings. The molecule has 0 atom stereocenters. The molecule has 0 aliphatic heterocycles. The summed E-state index contributed by atoms with van der Waals surface area (Å²) >= 11 is 5.98. The molecule has 0 spiro atoms. The van der Waals surface area contributed by atoms with Gasteiger partial charge >= 0.3 is 5.69 Å². The Bertz CT molecular complexity index is 1180. The topological polar surface area (TPSA) is 78.1 Å². The summed E-state index contributed by atoms with van der Waals surface area (Å²) in [5, 5.41) is 0.175. The lowest BCUT2D eigenvalue weighted by molar-refractivity contribution is 0.0956. The number of nitrogens with zero attached hydrogens (tertiary/aromatic N) is 2. The van der Waals surface area contributed by atoms with E-state index in [1.165, 1.54) is 24.3 Å². The van der Waals surface area contributed by atoms with Gasteiger partial charge in [0.1, 0.15) is 0 Å². The lowest BCUT2D eigenvalue weighted by Gasteiger charge is -2.07. The van der Waals surface area contributed by atoms with Crippen LogP contribution in [0, 0.1) is 13.8 Å². The van der Waals surface area contributed by atoms with E-state index in [0.29, 0.717) is 3.97 Å². The van der Waals surface area contributed by atoms with Crippen molar-refractivity contribution in [1.82, 2.24) is 8.54 Å². The van der Waals surface area contributed by atoms with Crippen molar-refractivity contribution in [3.05, 3.63) is 87.1 Å². The summed E-state index contributed by atoms with van der Waals surface area (Å²) in [5.74, 6) is -0.699. The van der Waals surface area contributed by atoms with Gasteiger partial charge < -0.3 is 0 Å². The van der Waals surface area contributed by atoms with Crippen LogP contribution in [0.2, 0.25) is 5.02 Å². The van der Waals surface area contributed by atoms with Crippen LogP contribution in [0.15, 0.2) is 64.5 Å². The zero-order valence-corrected chi connectivity index (χ0v) is 15.6. The minimum Gasteiger partial charge on any atom is -0.268 e. The third-order valence-corrected chi connectivity index (χ3v) is 6.08. The quantitative estimate of drug-likeness (QED) is 0.688. The molecule has 0 saturated heterocycles. The van der Waals surface area contributed by atoms with Gasteiger partial charge in [-0.3, -0.25) is 4.79 Å². The molecule has 0 aliphatic rings. The van der Waals surface area contributed by atoms with Crippen LogP contribution in [-0.4, -0.2) is 22.9 Å². The van der Waals surface area contributed by atoms with Crippen molar-refractivity contribution in [1.29, 1.82) is 0 Å². The number of imidazole rings is 1. The summed E-state index contributed by atoms with van der Waals surface area (Å²) in [5.41, 5.74) is 0.846. The molecule has 1 heterocycles. The van der Waals surface area contributed by atoms with E-state index in [0.717, 1.165) is 28.1 Å². The van der Waals surface area contributed by atoms with Crippen LogP contribution in [0.1, 0.15) is 21.5 Å². The first kappa shape index (κ1) is 18.2. The van der Waals surface area contributed by atoms with Crippen molar-refractivity contribution < 1.29 is 13.2 Å². The third kappa shape index (κ3) is 3.00. The Morgan fingerprint density at radius 2 is 1.69 bits per heavy atom. The van der Waals surface area contributed by atoms with Crippen LogP contribution < -0.4 is 5.69 Å². The van der Waals surface area contributed by atoms with Crippen molar-refractivity contribution in [2.45, 2.75) is 18.7 Å². The van der Waals surface area contributed by atoms with Crippen LogP contribution in [0.4, 0.5) is 0 Å². The highest BCUT2D eigenvalue weighted by Crippen LogP contribution is 2.18. The molecule has 0 amide bonds. The maximum absolute atomic E-state index is 12.8. The molecule has 0 fully saturated rings. The highest BCUT2D eigenvalue weighted by molar-refractivity contribution is 7.90. The smallest absolute Gasteiger partial charge is 0.268 e. The van der Waals surface area contributed by atoms with E-state index in [-0.39, 0.29) is 15.5 Å². The summed E-state index contributed by atoms with van der Waals surface area (Å²) in [6, 6.07) is 10.8. The average molecular weight is 391 g/mol. The van der Waals surface area contributed by atoms with E-state index < -0.39 is 21.6 Å². The fraction of sp³-hybridized carbons (Fsp3) is 0.111. The van der Waals surface area contributed by atoms with Crippen LogP contribution in [-0.2, 0) is 10.0 Å². The number of hydrogen-bond donors (Lipinski definition) is 0. The summed E-state index contributed by atoms with van der Waals surface area (Å²) in [6.07, 6.45) is 2.17. The molecule has 0 bridgehead atoms. The molecular weight excluding hydrogens is 376 g/mol. The van der Waals surface area contributed by atoms with Crippen LogP contribution >= 0.6 is 11.6 Å². The maximum Gasteiger partial charge on any atom is 0.349 e. The second-order valence-corrected chi connectivity index (χ2v) is 8.00. The Morgan fingerprint density at radius 1 is 1.00 bits per heavy atom. The molecule has 0 saturated carbocycles. The first-order valence-corrected chi connectivity index (χ1v) is 9.47. The highest BCUT2D eigenvalue weighted by Gasteiger charge is 2.23. The number of aryl methyl sites for hydroxylation is 2. The zero-order chi connectivity index (χ0) is 19.1. The van der Waals surface area contributed by atoms with Crippen LogP contribution in [0.25, 0.3) is 0 Å². The molecule has 0 unspecified atom stereocenters. The van der Waals surface area contributed by atoms with E-state index in [9.17, 15) is 18.0 Å². The number of benzene rings is 2. The minimum atomic E-state index is -4.12.